The van der Waals surface area contributed by atoms with E-state index >= 15 is 0 Å². The maximum absolute atomic E-state index is 12.3. The molecule has 5 heteroatoms. The number of carbonyl (C=O) groups excluding carboxylic acids is 1. The van der Waals surface area contributed by atoms with Gasteiger partial charge >= 0.3 is 0 Å². The van der Waals surface area contributed by atoms with Gasteiger partial charge in [0, 0.05) is 26.1 Å². The summed E-state index contributed by atoms with van der Waals surface area (Å²) in [6.07, 6.45) is 3.06. The number of rotatable bonds is 3. The van der Waals surface area contributed by atoms with Crippen molar-refractivity contribution in [3.05, 3.63) is 22.4 Å². The summed E-state index contributed by atoms with van der Waals surface area (Å²) < 4.78 is 11.7. The summed E-state index contributed by atoms with van der Waals surface area (Å²) in [5, 5.41) is 1.95. The van der Waals surface area contributed by atoms with Crippen molar-refractivity contribution in [1.29, 1.82) is 0 Å². The lowest BCUT2D eigenvalue weighted by atomic mass is 9.88. The fourth-order valence-electron chi connectivity index (χ4n) is 3.17. The van der Waals surface area contributed by atoms with Crippen LogP contribution >= 0.6 is 11.3 Å². The summed E-state index contributed by atoms with van der Waals surface area (Å²) in [7, 11) is 0. The van der Waals surface area contributed by atoms with Crippen LogP contribution < -0.4 is 0 Å². The Morgan fingerprint density at radius 1 is 1.55 bits per heavy atom. The fraction of sp³-hybridized carbons (Fsp3) is 0.667. The Morgan fingerprint density at radius 3 is 3.00 bits per heavy atom. The lowest BCUT2D eigenvalue weighted by Gasteiger charge is -2.38. The van der Waals surface area contributed by atoms with E-state index < -0.39 is 0 Å². The number of piperidine rings is 1. The largest absolute Gasteiger partial charge is 0.376 e. The summed E-state index contributed by atoms with van der Waals surface area (Å²) in [6, 6.07) is 3.82. The first-order valence-corrected chi connectivity index (χ1v) is 8.19. The minimum atomic E-state index is -0.0495. The average Bonchev–Trinajstić information content (AvgIpc) is 3.10. The van der Waals surface area contributed by atoms with Gasteiger partial charge in [-0.05, 0) is 31.2 Å². The third-order valence-corrected chi connectivity index (χ3v) is 5.13. The van der Waals surface area contributed by atoms with Gasteiger partial charge in [0.15, 0.2) is 0 Å². The van der Waals surface area contributed by atoms with Gasteiger partial charge < -0.3 is 14.4 Å². The lowest BCUT2D eigenvalue weighted by Crippen LogP contribution is -2.46. The zero-order valence-corrected chi connectivity index (χ0v) is 12.7. The summed E-state index contributed by atoms with van der Waals surface area (Å²) in [5.41, 5.74) is -0.0495. The van der Waals surface area contributed by atoms with E-state index in [-0.39, 0.29) is 17.6 Å². The van der Waals surface area contributed by atoms with E-state index in [9.17, 15) is 4.79 Å². The molecule has 1 aromatic heterocycles. The van der Waals surface area contributed by atoms with Gasteiger partial charge in [-0.3, -0.25) is 4.79 Å². The molecule has 0 bridgehead atoms. The number of likely N-dealkylation sites (tertiary alicyclic amines) is 1. The van der Waals surface area contributed by atoms with Crippen molar-refractivity contribution in [3.63, 3.8) is 0 Å². The van der Waals surface area contributed by atoms with Crippen molar-refractivity contribution in [3.8, 4) is 0 Å². The highest BCUT2D eigenvalue weighted by atomic mass is 32.1. The van der Waals surface area contributed by atoms with Crippen molar-refractivity contribution in [2.45, 2.75) is 37.9 Å². The molecule has 2 fully saturated rings. The molecule has 0 radical (unpaired) electrons. The molecule has 2 saturated heterocycles. The monoisotopic (exact) mass is 295 g/mol. The second-order valence-electron chi connectivity index (χ2n) is 5.54. The maximum atomic E-state index is 12.3. The molecule has 20 heavy (non-hydrogen) atoms. The third kappa shape index (κ3) is 2.75. The molecule has 2 aliphatic rings. The van der Waals surface area contributed by atoms with Gasteiger partial charge in [0.25, 0.3) is 5.91 Å². The van der Waals surface area contributed by atoms with E-state index in [2.05, 4.69) is 0 Å². The first-order chi connectivity index (χ1) is 9.72. The van der Waals surface area contributed by atoms with Crippen LogP contribution in [-0.4, -0.2) is 48.8 Å². The Bertz CT molecular complexity index is 452. The standard InChI is InChI=1S/C15H21NO3S/c1-2-18-12-10-15(19-11-12)5-7-16(8-6-15)14(17)13-4-3-9-20-13/h3-4,9,12H,2,5-8,10-11H2,1H3. The van der Waals surface area contributed by atoms with Crippen LogP contribution in [0.5, 0.6) is 0 Å². The van der Waals surface area contributed by atoms with Crippen molar-refractivity contribution in [2.75, 3.05) is 26.3 Å². The Balaban J connectivity index is 1.56. The molecule has 1 aromatic rings. The molecule has 0 saturated carbocycles. The highest BCUT2D eigenvalue weighted by Gasteiger charge is 2.43. The molecule has 1 amide bonds. The third-order valence-electron chi connectivity index (χ3n) is 4.27. The first kappa shape index (κ1) is 14.0. The van der Waals surface area contributed by atoms with Crippen molar-refractivity contribution in [1.82, 2.24) is 4.90 Å². The highest BCUT2D eigenvalue weighted by molar-refractivity contribution is 7.12. The van der Waals surface area contributed by atoms with E-state index in [1.54, 1.807) is 0 Å². The van der Waals surface area contributed by atoms with Crippen LogP contribution in [0.3, 0.4) is 0 Å². The second-order valence-corrected chi connectivity index (χ2v) is 6.49. The zero-order valence-electron chi connectivity index (χ0n) is 11.8. The topological polar surface area (TPSA) is 38.8 Å². The predicted molar refractivity (Wildman–Crippen MR) is 78.2 cm³/mol. The molecular weight excluding hydrogens is 274 g/mol. The Morgan fingerprint density at radius 2 is 2.35 bits per heavy atom. The van der Waals surface area contributed by atoms with Gasteiger partial charge in [0.1, 0.15) is 0 Å². The summed E-state index contributed by atoms with van der Waals surface area (Å²) in [5.74, 6) is 0.161. The molecule has 3 rings (SSSR count). The van der Waals surface area contributed by atoms with Crippen molar-refractivity contribution >= 4 is 17.2 Å². The number of thiophene rings is 1. The van der Waals surface area contributed by atoms with E-state index in [1.165, 1.54) is 11.3 Å². The molecule has 110 valence electrons. The zero-order chi connectivity index (χ0) is 14.0. The van der Waals surface area contributed by atoms with Gasteiger partial charge in [0.05, 0.1) is 23.2 Å². The SMILES string of the molecule is CCOC1COC2(CCN(C(=O)c3cccs3)CC2)C1. The van der Waals surface area contributed by atoms with Crippen LogP contribution in [0.2, 0.25) is 0 Å². The summed E-state index contributed by atoms with van der Waals surface area (Å²) in [6.45, 7) is 5.04. The van der Waals surface area contributed by atoms with Crippen LogP contribution in [0.15, 0.2) is 17.5 Å². The molecule has 3 heterocycles. The smallest absolute Gasteiger partial charge is 0.263 e. The minimum absolute atomic E-state index is 0.0495. The number of ether oxygens (including phenoxy) is 2. The van der Waals surface area contributed by atoms with Gasteiger partial charge in [0.2, 0.25) is 0 Å². The van der Waals surface area contributed by atoms with E-state index in [4.69, 9.17) is 9.47 Å². The molecule has 1 unspecified atom stereocenters. The minimum Gasteiger partial charge on any atom is -0.376 e. The molecular formula is C15H21NO3S. The van der Waals surface area contributed by atoms with Gasteiger partial charge in [-0.25, -0.2) is 0 Å². The number of hydrogen-bond acceptors (Lipinski definition) is 4. The number of hydrogen-bond donors (Lipinski definition) is 0. The normalized spacial score (nSPS) is 25.2. The molecule has 0 aromatic carbocycles. The number of carbonyl (C=O) groups is 1. The molecule has 1 atom stereocenters. The number of amides is 1. The van der Waals surface area contributed by atoms with E-state index in [0.717, 1.165) is 43.8 Å². The van der Waals surface area contributed by atoms with Gasteiger partial charge in [-0.1, -0.05) is 6.07 Å². The van der Waals surface area contributed by atoms with Crippen LogP contribution in [-0.2, 0) is 9.47 Å². The van der Waals surface area contributed by atoms with Crippen LogP contribution in [0.4, 0.5) is 0 Å². The molecule has 1 spiro atoms. The fourth-order valence-corrected chi connectivity index (χ4v) is 3.86. The Hall–Kier alpha value is -0.910. The second kappa shape index (κ2) is 5.84. The highest BCUT2D eigenvalue weighted by Crippen LogP contribution is 2.37. The van der Waals surface area contributed by atoms with E-state index in [0.29, 0.717) is 6.61 Å². The number of nitrogens with zero attached hydrogens (tertiary/aromatic N) is 1. The molecule has 4 nitrogen and oxygen atoms in total. The predicted octanol–water partition coefficient (Wildman–Crippen LogP) is 2.55. The molecule has 0 aliphatic carbocycles. The first-order valence-electron chi connectivity index (χ1n) is 7.31. The Kier molecular flexibility index (Phi) is 4.10. The Labute approximate surface area is 123 Å². The lowest BCUT2D eigenvalue weighted by molar-refractivity contribution is -0.0406. The summed E-state index contributed by atoms with van der Waals surface area (Å²) in [4.78, 5) is 15.1. The quantitative estimate of drug-likeness (QED) is 0.860. The molecule has 0 N–H and O–H groups in total. The van der Waals surface area contributed by atoms with Crippen molar-refractivity contribution in [2.24, 2.45) is 0 Å². The average molecular weight is 295 g/mol. The van der Waals surface area contributed by atoms with E-state index in [1.807, 2.05) is 29.3 Å². The van der Waals surface area contributed by atoms with Crippen LogP contribution in [0.25, 0.3) is 0 Å². The van der Waals surface area contributed by atoms with Gasteiger partial charge in [-0.2, -0.15) is 0 Å². The molecule has 2 aliphatic heterocycles. The summed E-state index contributed by atoms with van der Waals surface area (Å²) >= 11 is 1.51. The maximum Gasteiger partial charge on any atom is 0.263 e. The van der Waals surface area contributed by atoms with Crippen LogP contribution in [0.1, 0.15) is 35.9 Å². The van der Waals surface area contributed by atoms with Crippen LogP contribution in [0, 0.1) is 0 Å². The van der Waals surface area contributed by atoms with Gasteiger partial charge in [-0.15, -0.1) is 11.3 Å². The van der Waals surface area contributed by atoms with Crippen molar-refractivity contribution < 1.29 is 14.3 Å².